The molecule has 0 aliphatic carbocycles. The summed E-state index contributed by atoms with van der Waals surface area (Å²) in [5, 5.41) is 2.24. The molecule has 0 aromatic carbocycles. The van der Waals surface area contributed by atoms with Crippen LogP contribution in [-0.4, -0.2) is 35.2 Å². The van der Waals surface area contributed by atoms with E-state index in [1.807, 2.05) is 13.8 Å². The normalized spacial score (nSPS) is 21.5. The Kier molecular flexibility index (Phi) is 3.82. The lowest BCUT2D eigenvalue weighted by Crippen LogP contribution is -2.59. The molecule has 0 aromatic heterocycles. The van der Waals surface area contributed by atoms with E-state index in [4.69, 9.17) is 0 Å². The topological polar surface area (TPSA) is 66.5 Å². The minimum absolute atomic E-state index is 0.00306. The highest BCUT2D eigenvalue weighted by Gasteiger charge is 2.34. The number of carbonyl (C=O) groups excluding carboxylic acids is 3. The highest BCUT2D eigenvalue weighted by Crippen LogP contribution is 2.11. The predicted octanol–water partition coefficient (Wildman–Crippen LogP) is 0.0501. The van der Waals surface area contributed by atoms with E-state index < -0.39 is 11.9 Å². The highest BCUT2D eigenvalue weighted by atomic mass is 16.2. The Labute approximate surface area is 88.8 Å². The van der Waals surface area contributed by atoms with Crippen molar-refractivity contribution < 1.29 is 14.4 Å². The number of rotatable bonds is 3. The molecule has 3 amide bonds. The molecule has 0 radical (unpaired) electrons. The second-order valence-electron chi connectivity index (χ2n) is 3.61. The predicted molar refractivity (Wildman–Crippen MR) is 53.8 cm³/mol. The fourth-order valence-corrected chi connectivity index (χ4v) is 1.69. The Bertz CT molecular complexity index is 288. The number of carbonyl (C=O) groups is 3. The van der Waals surface area contributed by atoms with E-state index >= 15 is 0 Å². The zero-order chi connectivity index (χ0) is 11.4. The average Bonchev–Trinajstić information content (AvgIpc) is 2.17. The Morgan fingerprint density at radius 1 is 1.47 bits per heavy atom. The molecule has 1 aliphatic rings. The van der Waals surface area contributed by atoms with E-state index in [-0.39, 0.29) is 18.4 Å². The van der Waals surface area contributed by atoms with Crippen molar-refractivity contribution in [2.75, 3.05) is 6.54 Å². The molecular weight excluding hydrogens is 196 g/mol. The number of piperazine rings is 1. The van der Waals surface area contributed by atoms with Gasteiger partial charge < -0.3 is 4.90 Å². The Morgan fingerprint density at radius 3 is 2.67 bits per heavy atom. The lowest BCUT2D eigenvalue weighted by Gasteiger charge is -2.33. The van der Waals surface area contributed by atoms with E-state index in [1.54, 1.807) is 0 Å². The zero-order valence-electron chi connectivity index (χ0n) is 9.08. The summed E-state index contributed by atoms with van der Waals surface area (Å²) in [6.07, 6.45) is 1.65. The van der Waals surface area contributed by atoms with Gasteiger partial charge in [-0.05, 0) is 12.8 Å². The van der Waals surface area contributed by atoms with Gasteiger partial charge in [0.25, 0.3) is 0 Å². The van der Waals surface area contributed by atoms with Crippen LogP contribution < -0.4 is 5.32 Å². The Morgan fingerprint density at radius 2 is 2.13 bits per heavy atom. The number of imide groups is 1. The Hall–Kier alpha value is -1.39. The van der Waals surface area contributed by atoms with Crippen molar-refractivity contribution in [1.82, 2.24) is 10.2 Å². The third kappa shape index (κ3) is 2.55. The maximum absolute atomic E-state index is 11.7. The van der Waals surface area contributed by atoms with Gasteiger partial charge in [0.05, 0.1) is 0 Å². The molecule has 1 fully saturated rings. The maximum atomic E-state index is 11.7. The molecule has 5 heteroatoms. The average molecular weight is 212 g/mol. The van der Waals surface area contributed by atoms with Crippen molar-refractivity contribution in [2.24, 2.45) is 0 Å². The van der Waals surface area contributed by atoms with Crippen molar-refractivity contribution in [3.05, 3.63) is 0 Å². The lowest BCUT2D eigenvalue weighted by atomic mass is 10.1. The first-order chi connectivity index (χ1) is 7.10. The highest BCUT2D eigenvalue weighted by molar-refractivity contribution is 6.04. The summed E-state index contributed by atoms with van der Waals surface area (Å²) in [6.45, 7) is 3.72. The van der Waals surface area contributed by atoms with Crippen LogP contribution in [0.2, 0.25) is 0 Å². The molecular formula is C10H16N2O3. The van der Waals surface area contributed by atoms with Crippen LogP contribution in [0.25, 0.3) is 0 Å². The first kappa shape index (κ1) is 11.7. The van der Waals surface area contributed by atoms with Gasteiger partial charge in [0.15, 0.2) is 0 Å². The summed E-state index contributed by atoms with van der Waals surface area (Å²) in [7, 11) is 0. The smallest absolute Gasteiger partial charge is 0.249 e. The van der Waals surface area contributed by atoms with Crippen LogP contribution in [0.5, 0.6) is 0 Å². The molecule has 84 valence electrons. The minimum atomic E-state index is -0.484. The first-order valence-corrected chi connectivity index (χ1v) is 5.23. The Balaban J connectivity index is 2.77. The van der Waals surface area contributed by atoms with Gasteiger partial charge in [-0.25, -0.2) is 0 Å². The van der Waals surface area contributed by atoms with Crippen LogP contribution in [0.15, 0.2) is 0 Å². The summed E-state index contributed by atoms with van der Waals surface area (Å²) in [5.74, 6) is -0.875. The van der Waals surface area contributed by atoms with Gasteiger partial charge in [-0.15, -0.1) is 0 Å². The molecule has 0 aromatic rings. The van der Waals surface area contributed by atoms with E-state index in [9.17, 15) is 14.4 Å². The summed E-state index contributed by atoms with van der Waals surface area (Å²) in [6, 6.07) is -0.484. The van der Waals surface area contributed by atoms with Crippen LogP contribution >= 0.6 is 0 Å². The van der Waals surface area contributed by atoms with Crippen molar-refractivity contribution in [3.8, 4) is 0 Å². The molecule has 0 spiro atoms. The summed E-state index contributed by atoms with van der Waals surface area (Å²) in [4.78, 5) is 35.6. The van der Waals surface area contributed by atoms with Gasteiger partial charge in [-0.2, -0.15) is 0 Å². The van der Waals surface area contributed by atoms with Gasteiger partial charge in [-0.3, -0.25) is 19.7 Å². The minimum Gasteiger partial charge on any atom is -0.321 e. The summed E-state index contributed by atoms with van der Waals surface area (Å²) in [5.41, 5.74) is 0. The molecule has 1 N–H and O–H groups in total. The molecule has 1 atom stereocenters. The number of nitrogens with one attached hydrogen (secondary N) is 1. The number of nitrogens with zero attached hydrogens (tertiary/aromatic N) is 1. The number of hydrogen-bond donors (Lipinski definition) is 1. The van der Waals surface area contributed by atoms with E-state index in [0.717, 1.165) is 6.42 Å². The molecule has 15 heavy (non-hydrogen) atoms. The van der Waals surface area contributed by atoms with Gasteiger partial charge in [0.1, 0.15) is 12.6 Å². The molecule has 0 saturated carbocycles. The third-order valence-electron chi connectivity index (χ3n) is 2.43. The molecule has 1 unspecified atom stereocenters. The van der Waals surface area contributed by atoms with E-state index in [1.165, 1.54) is 4.90 Å². The summed E-state index contributed by atoms with van der Waals surface area (Å²) >= 11 is 0. The van der Waals surface area contributed by atoms with Gasteiger partial charge >= 0.3 is 0 Å². The maximum Gasteiger partial charge on any atom is 0.249 e. The number of amides is 3. The van der Waals surface area contributed by atoms with Crippen LogP contribution in [0.1, 0.15) is 33.1 Å². The molecule has 1 rings (SSSR count). The number of hydrogen-bond acceptors (Lipinski definition) is 3. The molecule has 1 saturated heterocycles. The standard InChI is InChI=1S/C10H16N2O3/c1-3-5-9(14)12-6-8(13)11-10(15)7(12)4-2/h7H,3-6H2,1-2H3,(H,11,13,15). The van der Waals surface area contributed by atoms with Gasteiger partial charge in [-0.1, -0.05) is 13.8 Å². The monoisotopic (exact) mass is 212 g/mol. The molecule has 1 heterocycles. The first-order valence-electron chi connectivity index (χ1n) is 5.23. The van der Waals surface area contributed by atoms with Crippen LogP contribution in [0, 0.1) is 0 Å². The van der Waals surface area contributed by atoms with Crippen LogP contribution in [-0.2, 0) is 14.4 Å². The van der Waals surface area contributed by atoms with Gasteiger partial charge in [0, 0.05) is 6.42 Å². The second kappa shape index (κ2) is 4.91. The van der Waals surface area contributed by atoms with E-state index in [2.05, 4.69) is 5.32 Å². The van der Waals surface area contributed by atoms with Crippen molar-refractivity contribution in [3.63, 3.8) is 0 Å². The van der Waals surface area contributed by atoms with Crippen molar-refractivity contribution >= 4 is 17.7 Å². The molecule has 5 nitrogen and oxygen atoms in total. The fraction of sp³-hybridized carbons (Fsp3) is 0.700. The van der Waals surface area contributed by atoms with Crippen LogP contribution in [0.4, 0.5) is 0 Å². The molecule has 0 bridgehead atoms. The van der Waals surface area contributed by atoms with E-state index in [0.29, 0.717) is 12.8 Å². The largest absolute Gasteiger partial charge is 0.321 e. The molecule has 1 aliphatic heterocycles. The lowest BCUT2D eigenvalue weighted by molar-refractivity contribution is -0.150. The van der Waals surface area contributed by atoms with Crippen molar-refractivity contribution in [1.29, 1.82) is 0 Å². The zero-order valence-corrected chi connectivity index (χ0v) is 9.08. The second-order valence-corrected chi connectivity index (χ2v) is 3.61. The third-order valence-corrected chi connectivity index (χ3v) is 2.43. The van der Waals surface area contributed by atoms with Crippen molar-refractivity contribution in [2.45, 2.75) is 39.2 Å². The fourth-order valence-electron chi connectivity index (χ4n) is 1.69. The van der Waals surface area contributed by atoms with Crippen LogP contribution in [0.3, 0.4) is 0 Å². The summed E-state index contributed by atoms with van der Waals surface area (Å²) < 4.78 is 0. The quantitative estimate of drug-likeness (QED) is 0.672. The van der Waals surface area contributed by atoms with Gasteiger partial charge in [0.2, 0.25) is 17.7 Å². The SMILES string of the molecule is CCCC(=O)N1CC(=O)NC(=O)C1CC.